The van der Waals surface area contributed by atoms with Gasteiger partial charge in [0.25, 0.3) is 5.91 Å². The Bertz CT molecular complexity index is 825. The minimum Gasteiger partial charge on any atom is -0.306 e. The van der Waals surface area contributed by atoms with Crippen molar-refractivity contribution in [3.05, 3.63) is 66.0 Å². The first-order valence-corrected chi connectivity index (χ1v) is 6.84. The summed E-state index contributed by atoms with van der Waals surface area (Å²) in [6.45, 7) is 3.78. The van der Waals surface area contributed by atoms with Crippen molar-refractivity contribution in [2.75, 3.05) is 5.32 Å². The fourth-order valence-electron chi connectivity index (χ4n) is 2.18. The molecule has 1 N–H and O–H groups in total. The van der Waals surface area contributed by atoms with E-state index in [0.717, 1.165) is 11.4 Å². The molecule has 0 radical (unpaired) electrons. The molecule has 0 aliphatic carbocycles. The Morgan fingerprint density at radius 3 is 2.68 bits per heavy atom. The highest BCUT2D eigenvalue weighted by Gasteiger charge is 2.10. The van der Waals surface area contributed by atoms with Crippen molar-refractivity contribution in [2.45, 2.75) is 13.8 Å². The normalized spacial score (nSPS) is 10.5. The zero-order chi connectivity index (χ0) is 15.5. The standard InChI is InChI=1S/C16H15N5O/c1-11-5-3-4-6-13(11)16(22)20-14-9-15(19-10-18-14)21-8-7-17-12(21)2/h3-10H,1-2H3,(H,18,19,20,22). The molecule has 0 bridgehead atoms. The van der Waals surface area contributed by atoms with E-state index in [2.05, 4.69) is 20.3 Å². The van der Waals surface area contributed by atoms with Crippen molar-refractivity contribution >= 4 is 11.7 Å². The van der Waals surface area contributed by atoms with Gasteiger partial charge in [-0.15, -0.1) is 0 Å². The molecule has 110 valence electrons. The molecule has 6 nitrogen and oxygen atoms in total. The van der Waals surface area contributed by atoms with Gasteiger partial charge in [0.05, 0.1) is 0 Å². The zero-order valence-electron chi connectivity index (χ0n) is 12.3. The molecule has 0 saturated carbocycles. The van der Waals surface area contributed by atoms with Crippen molar-refractivity contribution in [2.24, 2.45) is 0 Å². The second-order valence-corrected chi connectivity index (χ2v) is 4.87. The van der Waals surface area contributed by atoms with E-state index in [1.165, 1.54) is 6.33 Å². The molecule has 0 unspecified atom stereocenters. The van der Waals surface area contributed by atoms with Crippen LogP contribution in [-0.4, -0.2) is 25.4 Å². The van der Waals surface area contributed by atoms with Crippen LogP contribution < -0.4 is 5.32 Å². The molecule has 0 spiro atoms. The molecule has 1 amide bonds. The Kier molecular flexibility index (Phi) is 3.65. The Balaban J connectivity index is 1.86. The second kappa shape index (κ2) is 5.77. The molecule has 3 rings (SSSR count). The number of aryl methyl sites for hydroxylation is 2. The maximum absolute atomic E-state index is 12.3. The molecule has 2 heterocycles. The molecular formula is C16H15N5O. The third-order valence-corrected chi connectivity index (χ3v) is 3.36. The zero-order valence-corrected chi connectivity index (χ0v) is 12.3. The van der Waals surface area contributed by atoms with Crippen LogP contribution in [0.25, 0.3) is 5.82 Å². The molecule has 0 aliphatic rings. The van der Waals surface area contributed by atoms with Gasteiger partial charge in [0, 0.05) is 24.0 Å². The topological polar surface area (TPSA) is 72.7 Å². The monoisotopic (exact) mass is 293 g/mol. The van der Waals surface area contributed by atoms with Gasteiger partial charge in [0.1, 0.15) is 23.8 Å². The predicted molar refractivity (Wildman–Crippen MR) is 83.0 cm³/mol. The van der Waals surface area contributed by atoms with Crippen LogP contribution in [0.15, 0.2) is 49.1 Å². The summed E-state index contributed by atoms with van der Waals surface area (Å²) in [6.07, 6.45) is 4.93. The van der Waals surface area contributed by atoms with E-state index in [9.17, 15) is 4.79 Å². The number of carbonyl (C=O) groups is 1. The molecular weight excluding hydrogens is 278 g/mol. The van der Waals surface area contributed by atoms with Gasteiger partial charge in [-0.05, 0) is 25.5 Å². The molecule has 22 heavy (non-hydrogen) atoms. The average Bonchev–Trinajstić information content (AvgIpc) is 2.94. The van der Waals surface area contributed by atoms with Crippen LogP contribution in [0.3, 0.4) is 0 Å². The Morgan fingerprint density at radius 1 is 1.14 bits per heavy atom. The quantitative estimate of drug-likeness (QED) is 0.805. The summed E-state index contributed by atoms with van der Waals surface area (Å²) in [4.78, 5) is 24.8. The maximum atomic E-state index is 12.3. The van der Waals surface area contributed by atoms with Gasteiger partial charge in [-0.3, -0.25) is 9.36 Å². The fraction of sp³-hybridized carbons (Fsp3) is 0.125. The molecule has 1 aromatic carbocycles. The van der Waals surface area contributed by atoms with Crippen molar-refractivity contribution in [3.63, 3.8) is 0 Å². The smallest absolute Gasteiger partial charge is 0.257 e. The summed E-state index contributed by atoms with van der Waals surface area (Å²) in [6, 6.07) is 9.13. The van der Waals surface area contributed by atoms with Gasteiger partial charge in [0.15, 0.2) is 0 Å². The van der Waals surface area contributed by atoms with Gasteiger partial charge in [-0.25, -0.2) is 15.0 Å². The summed E-state index contributed by atoms with van der Waals surface area (Å²) < 4.78 is 1.82. The first-order valence-electron chi connectivity index (χ1n) is 6.84. The number of aromatic nitrogens is 4. The Labute approximate surface area is 127 Å². The highest BCUT2D eigenvalue weighted by Crippen LogP contribution is 2.13. The first-order chi connectivity index (χ1) is 10.6. The van der Waals surface area contributed by atoms with Crippen LogP contribution in [0, 0.1) is 13.8 Å². The largest absolute Gasteiger partial charge is 0.306 e. The number of carbonyl (C=O) groups excluding carboxylic acids is 1. The van der Waals surface area contributed by atoms with Crippen LogP contribution >= 0.6 is 0 Å². The number of nitrogens with zero attached hydrogens (tertiary/aromatic N) is 4. The summed E-state index contributed by atoms with van der Waals surface area (Å²) in [5.41, 5.74) is 1.54. The van der Waals surface area contributed by atoms with Crippen LogP contribution in [0.1, 0.15) is 21.7 Å². The lowest BCUT2D eigenvalue weighted by atomic mass is 10.1. The van der Waals surface area contributed by atoms with E-state index in [1.54, 1.807) is 18.3 Å². The minimum atomic E-state index is -0.190. The van der Waals surface area contributed by atoms with Crippen molar-refractivity contribution < 1.29 is 4.79 Å². The number of rotatable bonds is 3. The number of imidazole rings is 1. The second-order valence-electron chi connectivity index (χ2n) is 4.87. The third kappa shape index (κ3) is 2.71. The number of hydrogen-bond donors (Lipinski definition) is 1. The fourth-order valence-corrected chi connectivity index (χ4v) is 2.18. The summed E-state index contributed by atoms with van der Waals surface area (Å²) >= 11 is 0. The SMILES string of the molecule is Cc1ccccc1C(=O)Nc1cc(-n2ccnc2C)ncn1. The van der Waals surface area contributed by atoms with E-state index in [1.807, 2.05) is 42.8 Å². The predicted octanol–water partition coefficient (Wildman–Crippen LogP) is 2.53. The van der Waals surface area contributed by atoms with E-state index < -0.39 is 0 Å². The van der Waals surface area contributed by atoms with E-state index in [-0.39, 0.29) is 5.91 Å². The van der Waals surface area contributed by atoms with E-state index >= 15 is 0 Å². The summed E-state index contributed by atoms with van der Waals surface area (Å²) in [7, 11) is 0. The summed E-state index contributed by atoms with van der Waals surface area (Å²) in [5.74, 6) is 1.73. The first kappa shape index (κ1) is 13.9. The minimum absolute atomic E-state index is 0.190. The molecule has 0 fully saturated rings. The number of nitrogens with one attached hydrogen (secondary N) is 1. The van der Waals surface area contributed by atoms with Crippen LogP contribution in [0.4, 0.5) is 5.82 Å². The lowest BCUT2D eigenvalue weighted by molar-refractivity contribution is 0.102. The van der Waals surface area contributed by atoms with Crippen molar-refractivity contribution in [1.29, 1.82) is 0 Å². The number of hydrogen-bond acceptors (Lipinski definition) is 4. The molecule has 0 atom stereocenters. The molecule has 2 aromatic heterocycles. The van der Waals surface area contributed by atoms with Crippen LogP contribution in [0.5, 0.6) is 0 Å². The average molecular weight is 293 g/mol. The van der Waals surface area contributed by atoms with Gasteiger partial charge in [-0.2, -0.15) is 0 Å². The Morgan fingerprint density at radius 2 is 1.95 bits per heavy atom. The van der Waals surface area contributed by atoms with Gasteiger partial charge >= 0.3 is 0 Å². The van der Waals surface area contributed by atoms with E-state index in [0.29, 0.717) is 17.2 Å². The van der Waals surface area contributed by atoms with Crippen LogP contribution in [-0.2, 0) is 0 Å². The number of anilines is 1. The highest BCUT2D eigenvalue weighted by atomic mass is 16.1. The van der Waals surface area contributed by atoms with Crippen LogP contribution in [0.2, 0.25) is 0 Å². The van der Waals surface area contributed by atoms with Gasteiger partial charge in [0.2, 0.25) is 0 Å². The van der Waals surface area contributed by atoms with E-state index in [4.69, 9.17) is 0 Å². The van der Waals surface area contributed by atoms with Gasteiger partial charge < -0.3 is 5.32 Å². The van der Waals surface area contributed by atoms with Gasteiger partial charge in [-0.1, -0.05) is 18.2 Å². The highest BCUT2D eigenvalue weighted by molar-refractivity contribution is 6.04. The maximum Gasteiger partial charge on any atom is 0.257 e. The number of benzene rings is 1. The van der Waals surface area contributed by atoms with Crippen molar-refractivity contribution in [1.82, 2.24) is 19.5 Å². The molecule has 0 aliphatic heterocycles. The van der Waals surface area contributed by atoms with Crippen molar-refractivity contribution in [3.8, 4) is 5.82 Å². The molecule has 3 aromatic rings. The Hall–Kier alpha value is -3.02. The lowest BCUT2D eigenvalue weighted by Gasteiger charge is -2.08. The third-order valence-electron chi connectivity index (χ3n) is 3.36. The lowest BCUT2D eigenvalue weighted by Crippen LogP contribution is -2.14. The number of amides is 1. The summed E-state index contributed by atoms with van der Waals surface area (Å²) in [5, 5.41) is 2.80. The molecule has 6 heteroatoms. The molecule has 0 saturated heterocycles.